The Hall–Kier alpha value is -1.10. The highest BCUT2D eigenvalue weighted by molar-refractivity contribution is 7.99. The van der Waals surface area contributed by atoms with Crippen molar-refractivity contribution in [2.45, 2.75) is 23.0 Å². The molecule has 0 saturated carbocycles. The summed E-state index contributed by atoms with van der Waals surface area (Å²) in [5.74, 6) is -2.26. The van der Waals surface area contributed by atoms with Gasteiger partial charge in [-0.1, -0.05) is 23.9 Å². The number of halogens is 2. The Morgan fingerprint density at radius 2 is 2.25 bits per heavy atom. The summed E-state index contributed by atoms with van der Waals surface area (Å²) in [5.41, 5.74) is 0.948. The molecule has 0 spiro atoms. The maximum Gasteiger partial charge on any atom is 0.288 e. The molecule has 0 aromatic heterocycles. The van der Waals surface area contributed by atoms with Crippen molar-refractivity contribution in [3.05, 3.63) is 29.8 Å². The number of hydrogen-bond acceptors (Lipinski definition) is 2. The molecule has 5 heteroatoms. The van der Waals surface area contributed by atoms with E-state index in [1.54, 1.807) is 18.2 Å². The highest BCUT2D eigenvalue weighted by Gasteiger charge is 2.23. The lowest BCUT2D eigenvalue weighted by Gasteiger charge is -2.09. The van der Waals surface area contributed by atoms with Gasteiger partial charge in [0.2, 0.25) is 5.91 Å². The summed E-state index contributed by atoms with van der Waals surface area (Å²) in [6.45, 7) is 0.599. The molecule has 1 aliphatic rings. The molecule has 1 amide bonds. The Kier molecular flexibility index (Phi) is 3.43. The number of amides is 1. The normalized spacial score (nSPS) is 20.2. The van der Waals surface area contributed by atoms with Crippen LogP contribution >= 0.6 is 11.8 Å². The Morgan fingerprint density at radius 1 is 1.44 bits per heavy atom. The van der Waals surface area contributed by atoms with E-state index in [9.17, 15) is 13.6 Å². The number of carbonyl (C=O) groups is 1. The van der Waals surface area contributed by atoms with Crippen LogP contribution in [0.25, 0.3) is 0 Å². The molecular formula is C11H11F2NOS. The van der Waals surface area contributed by atoms with Crippen molar-refractivity contribution in [3.8, 4) is 0 Å². The van der Waals surface area contributed by atoms with E-state index >= 15 is 0 Å². The molecule has 1 fully saturated rings. The van der Waals surface area contributed by atoms with Gasteiger partial charge in [0, 0.05) is 23.8 Å². The zero-order valence-corrected chi connectivity index (χ0v) is 9.27. The van der Waals surface area contributed by atoms with Crippen LogP contribution in [-0.4, -0.2) is 18.2 Å². The van der Waals surface area contributed by atoms with Crippen molar-refractivity contribution >= 4 is 17.7 Å². The van der Waals surface area contributed by atoms with Crippen LogP contribution in [0, 0.1) is 0 Å². The third-order valence-electron chi connectivity index (χ3n) is 2.53. The van der Waals surface area contributed by atoms with Gasteiger partial charge in [0.25, 0.3) is 5.76 Å². The molecule has 0 aliphatic carbocycles. The zero-order valence-electron chi connectivity index (χ0n) is 8.45. The maximum atomic E-state index is 12.2. The quantitative estimate of drug-likeness (QED) is 0.827. The first-order valence-corrected chi connectivity index (χ1v) is 5.84. The molecule has 1 aromatic rings. The average Bonchev–Trinajstić information content (AvgIpc) is 2.64. The van der Waals surface area contributed by atoms with Gasteiger partial charge in [-0.05, 0) is 17.7 Å². The summed E-state index contributed by atoms with van der Waals surface area (Å²) >= 11 is 0.534. The Morgan fingerprint density at radius 3 is 2.88 bits per heavy atom. The summed E-state index contributed by atoms with van der Waals surface area (Å²) in [4.78, 5) is 11.6. The van der Waals surface area contributed by atoms with Crippen molar-refractivity contribution in [1.82, 2.24) is 5.32 Å². The lowest BCUT2D eigenvalue weighted by Crippen LogP contribution is -2.13. The molecule has 1 N–H and O–H groups in total. The molecule has 0 bridgehead atoms. The van der Waals surface area contributed by atoms with Crippen LogP contribution in [0.15, 0.2) is 29.2 Å². The van der Waals surface area contributed by atoms with E-state index in [4.69, 9.17) is 0 Å². The molecule has 0 radical (unpaired) electrons. The largest absolute Gasteiger partial charge is 0.355 e. The molecule has 1 heterocycles. The Balaban J connectivity index is 2.12. The van der Waals surface area contributed by atoms with Crippen LogP contribution < -0.4 is 5.32 Å². The zero-order chi connectivity index (χ0) is 11.5. The predicted molar refractivity (Wildman–Crippen MR) is 58.7 cm³/mol. The van der Waals surface area contributed by atoms with Crippen LogP contribution in [0.3, 0.4) is 0 Å². The summed E-state index contributed by atoms with van der Waals surface area (Å²) in [5, 5.41) is 2.73. The number of carbonyl (C=O) groups excluding carboxylic acids is 1. The molecule has 1 aromatic carbocycles. The standard InChI is InChI=1S/C11H11F2NOS/c12-11(13)16-9-3-1-2-7(4-9)8-5-10(15)14-6-8/h1-4,8,11H,5-6H2,(H,14,15). The van der Waals surface area contributed by atoms with E-state index in [0.717, 1.165) is 5.56 Å². The van der Waals surface area contributed by atoms with Crippen molar-refractivity contribution in [2.75, 3.05) is 6.54 Å². The van der Waals surface area contributed by atoms with Gasteiger partial charge in [0.1, 0.15) is 0 Å². The lowest BCUT2D eigenvalue weighted by molar-refractivity contribution is -0.119. The van der Waals surface area contributed by atoms with Crippen LogP contribution in [0.5, 0.6) is 0 Å². The maximum absolute atomic E-state index is 12.2. The monoisotopic (exact) mass is 243 g/mol. The Labute approximate surface area is 96.4 Å². The smallest absolute Gasteiger partial charge is 0.288 e. The first-order chi connectivity index (χ1) is 7.65. The van der Waals surface area contributed by atoms with E-state index in [-0.39, 0.29) is 11.8 Å². The van der Waals surface area contributed by atoms with E-state index in [2.05, 4.69) is 5.32 Å². The molecule has 1 saturated heterocycles. The van der Waals surface area contributed by atoms with E-state index in [0.29, 0.717) is 29.6 Å². The number of rotatable bonds is 3. The highest BCUT2D eigenvalue weighted by Crippen LogP contribution is 2.30. The molecule has 16 heavy (non-hydrogen) atoms. The van der Waals surface area contributed by atoms with Crippen LogP contribution in [0.4, 0.5) is 8.78 Å². The van der Waals surface area contributed by atoms with Gasteiger partial charge >= 0.3 is 0 Å². The third kappa shape index (κ3) is 2.72. The molecule has 1 unspecified atom stereocenters. The van der Waals surface area contributed by atoms with Crippen molar-refractivity contribution in [3.63, 3.8) is 0 Å². The van der Waals surface area contributed by atoms with E-state index < -0.39 is 5.76 Å². The lowest BCUT2D eigenvalue weighted by atomic mass is 9.99. The fraction of sp³-hybridized carbons (Fsp3) is 0.364. The third-order valence-corrected chi connectivity index (χ3v) is 3.24. The van der Waals surface area contributed by atoms with Gasteiger partial charge < -0.3 is 5.32 Å². The van der Waals surface area contributed by atoms with Gasteiger partial charge in [0.05, 0.1) is 0 Å². The molecule has 2 nitrogen and oxygen atoms in total. The number of alkyl halides is 2. The summed E-state index contributed by atoms with van der Waals surface area (Å²) in [6, 6.07) is 7.02. The minimum absolute atomic E-state index is 0.0249. The summed E-state index contributed by atoms with van der Waals surface area (Å²) in [7, 11) is 0. The minimum atomic E-state index is -2.40. The van der Waals surface area contributed by atoms with Crippen molar-refractivity contribution in [1.29, 1.82) is 0 Å². The summed E-state index contributed by atoms with van der Waals surface area (Å²) < 4.78 is 24.4. The van der Waals surface area contributed by atoms with E-state index in [1.165, 1.54) is 0 Å². The second-order valence-electron chi connectivity index (χ2n) is 3.66. The molecule has 1 aliphatic heterocycles. The van der Waals surface area contributed by atoms with E-state index in [1.807, 2.05) is 6.07 Å². The summed E-state index contributed by atoms with van der Waals surface area (Å²) in [6.07, 6.45) is 0.447. The van der Waals surface area contributed by atoms with Gasteiger partial charge in [0.15, 0.2) is 0 Å². The predicted octanol–water partition coefficient (Wildman–Crippen LogP) is 2.60. The van der Waals surface area contributed by atoms with Gasteiger partial charge in [-0.15, -0.1) is 0 Å². The second-order valence-corrected chi connectivity index (χ2v) is 4.72. The van der Waals surface area contributed by atoms with Crippen LogP contribution in [0.1, 0.15) is 17.9 Å². The SMILES string of the molecule is O=C1CC(c2cccc(SC(F)F)c2)CN1. The minimum Gasteiger partial charge on any atom is -0.355 e. The van der Waals surface area contributed by atoms with Gasteiger partial charge in [-0.25, -0.2) is 0 Å². The first kappa shape index (κ1) is 11.4. The first-order valence-electron chi connectivity index (χ1n) is 4.96. The number of benzene rings is 1. The molecular weight excluding hydrogens is 232 g/mol. The van der Waals surface area contributed by atoms with Crippen molar-refractivity contribution < 1.29 is 13.6 Å². The second kappa shape index (κ2) is 4.82. The number of hydrogen-bond donors (Lipinski definition) is 1. The van der Waals surface area contributed by atoms with Crippen LogP contribution in [0.2, 0.25) is 0 Å². The number of nitrogens with one attached hydrogen (secondary N) is 1. The molecule has 1 atom stereocenters. The Bertz CT molecular complexity index is 397. The van der Waals surface area contributed by atoms with Gasteiger partial charge in [-0.2, -0.15) is 8.78 Å². The fourth-order valence-electron chi connectivity index (χ4n) is 1.79. The fourth-order valence-corrected chi connectivity index (χ4v) is 2.35. The average molecular weight is 243 g/mol. The van der Waals surface area contributed by atoms with Crippen LogP contribution in [-0.2, 0) is 4.79 Å². The topological polar surface area (TPSA) is 29.1 Å². The molecule has 86 valence electrons. The van der Waals surface area contributed by atoms with Crippen molar-refractivity contribution in [2.24, 2.45) is 0 Å². The highest BCUT2D eigenvalue weighted by atomic mass is 32.2. The molecule has 2 rings (SSSR count). The number of thioether (sulfide) groups is 1. The van der Waals surface area contributed by atoms with Gasteiger partial charge in [-0.3, -0.25) is 4.79 Å².